The molecule has 0 spiro atoms. The van der Waals surface area contributed by atoms with Crippen molar-refractivity contribution in [1.29, 1.82) is 5.26 Å². The maximum Gasteiger partial charge on any atom is 0.164 e. The first-order valence-electron chi connectivity index (χ1n) is 17.2. The number of nitriles is 1. The highest BCUT2D eigenvalue weighted by Gasteiger charge is 2.15. The van der Waals surface area contributed by atoms with Gasteiger partial charge in [-0.25, -0.2) is 15.0 Å². The monoisotopic (exact) mass is 662 g/mol. The van der Waals surface area contributed by atoms with Crippen molar-refractivity contribution in [2.45, 2.75) is 0 Å². The molecule has 0 fully saturated rings. The first kappa shape index (κ1) is 30.8. The summed E-state index contributed by atoms with van der Waals surface area (Å²) in [5, 5.41) is 14.0. The van der Waals surface area contributed by atoms with E-state index in [4.69, 9.17) is 15.0 Å². The zero-order valence-corrected chi connectivity index (χ0v) is 28.1. The lowest BCUT2D eigenvalue weighted by atomic mass is 9.88. The van der Waals surface area contributed by atoms with Gasteiger partial charge in [-0.2, -0.15) is 5.26 Å². The molecule has 4 nitrogen and oxygen atoms in total. The van der Waals surface area contributed by atoms with E-state index in [0.29, 0.717) is 23.0 Å². The number of hydrogen-bond donors (Lipinski definition) is 0. The summed E-state index contributed by atoms with van der Waals surface area (Å²) in [5.74, 6) is 1.92. The quantitative estimate of drug-likeness (QED) is 0.178. The number of fused-ring (bicyclic) bond motifs is 2. The predicted octanol–water partition coefficient (Wildman–Crippen LogP) is 12.1. The van der Waals surface area contributed by atoms with Crippen molar-refractivity contribution in [2.75, 3.05) is 0 Å². The summed E-state index contributed by atoms with van der Waals surface area (Å²) in [6, 6.07) is 64.9. The molecule has 4 heteroatoms. The minimum Gasteiger partial charge on any atom is -0.208 e. The van der Waals surface area contributed by atoms with Gasteiger partial charge in [-0.3, -0.25) is 0 Å². The largest absolute Gasteiger partial charge is 0.208 e. The molecule has 9 aromatic rings. The van der Waals surface area contributed by atoms with Crippen LogP contribution in [-0.4, -0.2) is 15.0 Å². The first-order chi connectivity index (χ1) is 25.7. The highest BCUT2D eigenvalue weighted by Crippen LogP contribution is 2.40. The summed E-state index contributed by atoms with van der Waals surface area (Å²) in [6.07, 6.45) is 0. The lowest BCUT2D eigenvalue weighted by molar-refractivity contribution is 1.07. The second-order valence-electron chi connectivity index (χ2n) is 12.8. The molecule has 0 saturated heterocycles. The van der Waals surface area contributed by atoms with Crippen LogP contribution in [0.15, 0.2) is 182 Å². The van der Waals surface area contributed by atoms with Crippen molar-refractivity contribution in [3.63, 3.8) is 0 Å². The number of benzene rings is 8. The number of rotatable bonds is 6. The molecule has 0 radical (unpaired) electrons. The van der Waals surface area contributed by atoms with Crippen molar-refractivity contribution >= 4 is 21.5 Å². The van der Waals surface area contributed by atoms with Gasteiger partial charge in [0, 0.05) is 16.7 Å². The molecule has 0 aliphatic rings. The number of nitrogens with zero attached hydrogens (tertiary/aromatic N) is 4. The Morgan fingerprint density at radius 1 is 0.327 bits per heavy atom. The van der Waals surface area contributed by atoms with Crippen molar-refractivity contribution in [1.82, 2.24) is 15.0 Å². The fraction of sp³-hybridized carbons (Fsp3) is 0. The molecule has 242 valence electrons. The van der Waals surface area contributed by atoms with E-state index >= 15 is 0 Å². The van der Waals surface area contributed by atoms with Gasteiger partial charge in [0.15, 0.2) is 17.5 Å². The Morgan fingerprint density at radius 2 is 0.750 bits per heavy atom. The minimum absolute atomic E-state index is 0.631. The molecule has 1 heterocycles. The van der Waals surface area contributed by atoms with Gasteiger partial charge in [0.1, 0.15) is 0 Å². The van der Waals surface area contributed by atoms with E-state index in [0.717, 1.165) is 44.5 Å². The molecule has 0 amide bonds. The fourth-order valence-electron chi connectivity index (χ4n) is 6.97. The first-order valence-corrected chi connectivity index (χ1v) is 17.2. The van der Waals surface area contributed by atoms with Gasteiger partial charge < -0.3 is 0 Å². The number of aromatic nitrogens is 3. The third-order valence-electron chi connectivity index (χ3n) is 9.58. The molecule has 8 aromatic carbocycles. The Labute approximate surface area is 302 Å². The third kappa shape index (κ3) is 5.77. The topological polar surface area (TPSA) is 62.5 Å². The molecule has 1 aromatic heterocycles. The summed E-state index contributed by atoms with van der Waals surface area (Å²) in [7, 11) is 0. The van der Waals surface area contributed by atoms with E-state index in [-0.39, 0.29) is 0 Å². The molecule has 0 atom stereocenters. The van der Waals surface area contributed by atoms with Gasteiger partial charge >= 0.3 is 0 Å². The fourth-order valence-corrected chi connectivity index (χ4v) is 6.97. The normalized spacial score (nSPS) is 11.1. The van der Waals surface area contributed by atoms with Crippen LogP contribution in [0.25, 0.3) is 89.1 Å². The molecule has 52 heavy (non-hydrogen) atoms. The molecule has 0 unspecified atom stereocenters. The Kier molecular flexibility index (Phi) is 7.85. The van der Waals surface area contributed by atoms with Crippen molar-refractivity contribution in [3.05, 3.63) is 188 Å². The van der Waals surface area contributed by atoms with Gasteiger partial charge in [-0.15, -0.1) is 0 Å². The third-order valence-corrected chi connectivity index (χ3v) is 9.58. The van der Waals surface area contributed by atoms with E-state index in [9.17, 15) is 5.26 Å². The van der Waals surface area contributed by atoms with Crippen LogP contribution in [0.2, 0.25) is 0 Å². The SMILES string of the molecule is N#Cc1ccc(-c2ccc(-c3cc(-c4ccc(-c5nc(-c6ccccc6)nc(-c6ccccc6)n5)cc4)c4ccccc4c3)c3ccccc23)cc1. The molecule has 0 aliphatic carbocycles. The molecule has 0 saturated carbocycles. The van der Waals surface area contributed by atoms with Gasteiger partial charge in [0.25, 0.3) is 0 Å². The summed E-state index contributed by atoms with van der Waals surface area (Å²) >= 11 is 0. The zero-order valence-electron chi connectivity index (χ0n) is 28.1. The molecule has 0 bridgehead atoms. The predicted molar refractivity (Wildman–Crippen MR) is 212 cm³/mol. The second-order valence-corrected chi connectivity index (χ2v) is 12.8. The van der Waals surface area contributed by atoms with Crippen LogP contribution < -0.4 is 0 Å². The number of hydrogen-bond acceptors (Lipinski definition) is 4. The van der Waals surface area contributed by atoms with Crippen LogP contribution >= 0.6 is 0 Å². The molecular formula is C48H30N4. The Hall–Kier alpha value is -7.22. The van der Waals surface area contributed by atoms with E-state index < -0.39 is 0 Å². The Balaban J connectivity index is 1.15. The summed E-state index contributed by atoms with van der Waals surface area (Å²) in [6.45, 7) is 0. The van der Waals surface area contributed by atoms with Crippen LogP contribution in [0, 0.1) is 11.3 Å². The average Bonchev–Trinajstić information content (AvgIpc) is 3.23. The van der Waals surface area contributed by atoms with E-state index in [1.807, 2.05) is 84.9 Å². The standard InChI is InChI=1S/C48H30N4/c49-31-32-19-21-33(22-20-32)41-27-28-42(44-18-10-9-17-43(41)44)39-29-38-15-7-8-16-40(38)45(30-39)34-23-25-37(26-24-34)48-51-46(35-11-3-1-4-12-35)50-47(52-48)36-13-5-2-6-14-36/h1-30H. The molecular weight excluding hydrogens is 633 g/mol. The Morgan fingerprint density at radius 3 is 1.31 bits per heavy atom. The van der Waals surface area contributed by atoms with Crippen molar-refractivity contribution in [3.8, 4) is 73.6 Å². The van der Waals surface area contributed by atoms with Crippen molar-refractivity contribution < 1.29 is 0 Å². The van der Waals surface area contributed by atoms with Crippen LogP contribution in [-0.2, 0) is 0 Å². The molecule has 9 rings (SSSR count). The van der Waals surface area contributed by atoms with Crippen LogP contribution in [0.5, 0.6) is 0 Å². The minimum atomic E-state index is 0.631. The smallest absolute Gasteiger partial charge is 0.164 e. The zero-order chi connectivity index (χ0) is 34.9. The van der Waals surface area contributed by atoms with Gasteiger partial charge in [0.2, 0.25) is 0 Å². The second kappa shape index (κ2) is 13.2. The maximum absolute atomic E-state index is 9.32. The van der Waals surface area contributed by atoms with Crippen molar-refractivity contribution in [2.24, 2.45) is 0 Å². The van der Waals surface area contributed by atoms with E-state index in [1.165, 1.54) is 27.1 Å². The van der Waals surface area contributed by atoms with Gasteiger partial charge in [-0.05, 0) is 79.2 Å². The van der Waals surface area contributed by atoms with Crippen LogP contribution in [0.3, 0.4) is 0 Å². The van der Waals surface area contributed by atoms with Crippen LogP contribution in [0.4, 0.5) is 0 Å². The highest BCUT2D eigenvalue weighted by molar-refractivity contribution is 6.08. The van der Waals surface area contributed by atoms with E-state index in [1.54, 1.807) is 0 Å². The average molecular weight is 663 g/mol. The lowest BCUT2D eigenvalue weighted by Gasteiger charge is -2.15. The van der Waals surface area contributed by atoms with Crippen LogP contribution in [0.1, 0.15) is 5.56 Å². The summed E-state index contributed by atoms with van der Waals surface area (Å²) in [5.41, 5.74) is 10.3. The highest BCUT2D eigenvalue weighted by atomic mass is 15.0. The summed E-state index contributed by atoms with van der Waals surface area (Å²) < 4.78 is 0. The van der Waals surface area contributed by atoms with Gasteiger partial charge in [0.05, 0.1) is 11.6 Å². The van der Waals surface area contributed by atoms with E-state index in [2.05, 4.69) is 103 Å². The Bertz CT molecular complexity index is 2710. The lowest BCUT2D eigenvalue weighted by Crippen LogP contribution is -2.00. The maximum atomic E-state index is 9.32. The molecule has 0 aliphatic heterocycles. The van der Waals surface area contributed by atoms with Gasteiger partial charge in [-0.1, -0.05) is 158 Å². The summed E-state index contributed by atoms with van der Waals surface area (Å²) in [4.78, 5) is 14.7. The molecule has 0 N–H and O–H groups in total.